The number of aromatic nitrogens is 1. The molecule has 0 bridgehead atoms. The van der Waals surface area contributed by atoms with Gasteiger partial charge in [0.1, 0.15) is 0 Å². The van der Waals surface area contributed by atoms with Crippen molar-refractivity contribution in [1.29, 1.82) is 0 Å². The van der Waals surface area contributed by atoms with Crippen molar-refractivity contribution in [2.24, 2.45) is 0 Å². The van der Waals surface area contributed by atoms with E-state index in [1.165, 1.54) is 12.1 Å². The van der Waals surface area contributed by atoms with Crippen molar-refractivity contribution in [3.05, 3.63) is 81.9 Å². The van der Waals surface area contributed by atoms with Crippen molar-refractivity contribution in [3.63, 3.8) is 0 Å². The second kappa shape index (κ2) is 10.3. The highest BCUT2D eigenvalue weighted by atomic mass is 19.4. The van der Waals surface area contributed by atoms with Crippen LogP contribution in [-0.2, 0) is 6.18 Å². The maximum absolute atomic E-state index is 12.9. The normalized spacial score (nSPS) is 21.3. The number of carbonyl (C=O) groups is 1. The Bertz CT molecular complexity index is 1130. The summed E-state index contributed by atoms with van der Waals surface area (Å²) in [6, 6.07) is 9.13. The minimum absolute atomic E-state index is 0.0361. The van der Waals surface area contributed by atoms with E-state index in [-0.39, 0.29) is 29.8 Å². The molecule has 1 aliphatic carbocycles. The Morgan fingerprint density at radius 3 is 2.46 bits per heavy atom. The topological polar surface area (TPSA) is 66.4 Å². The molecule has 9 heteroatoms. The van der Waals surface area contributed by atoms with Crippen molar-refractivity contribution < 1.29 is 18.0 Å². The number of nitrogens with zero attached hydrogens (tertiary/aromatic N) is 2. The molecule has 1 aromatic heterocycles. The molecule has 2 N–H and O–H groups in total. The standard InChI is InChI=1S/C26H31F3N4O2/c1-17-5-4-12-33(25(17)35)23-10-8-22(9-11-23)32-15-21(16-32)31-18(2)14-30-24(34)19-6-3-7-20(13-19)26(27,28)29/h3-7,12-13,21-23,31H,2,8-11,14-16H2,1H3,(H,30,34). The van der Waals surface area contributed by atoms with E-state index in [0.717, 1.165) is 56.5 Å². The van der Waals surface area contributed by atoms with Gasteiger partial charge in [-0.3, -0.25) is 14.5 Å². The van der Waals surface area contributed by atoms with Gasteiger partial charge in [-0.25, -0.2) is 0 Å². The molecule has 0 unspecified atom stereocenters. The molecule has 1 amide bonds. The maximum Gasteiger partial charge on any atom is 0.416 e. The van der Waals surface area contributed by atoms with Gasteiger partial charge in [0.05, 0.1) is 18.2 Å². The fraction of sp³-hybridized carbons (Fsp3) is 0.462. The fourth-order valence-electron chi connectivity index (χ4n) is 4.98. The van der Waals surface area contributed by atoms with E-state index in [0.29, 0.717) is 11.7 Å². The minimum Gasteiger partial charge on any atom is -0.382 e. The lowest BCUT2D eigenvalue weighted by atomic mass is 9.87. The molecule has 0 spiro atoms. The predicted molar refractivity (Wildman–Crippen MR) is 128 cm³/mol. The molecule has 6 nitrogen and oxygen atoms in total. The van der Waals surface area contributed by atoms with Crippen LogP contribution in [0.3, 0.4) is 0 Å². The molecule has 2 aliphatic rings. The third-order valence-electron chi connectivity index (χ3n) is 6.97. The van der Waals surface area contributed by atoms with Crippen molar-refractivity contribution in [2.75, 3.05) is 19.6 Å². The maximum atomic E-state index is 12.9. The van der Waals surface area contributed by atoms with Gasteiger partial charge in [0, 0.05) is 48.2 Å². The number of amides is 1. The SMILES string of the molecule is C=C(CNC(=O)c1cccc(C(F)(F)F)c1)NC1CN(C2CCC(n3cccc(C)c3=O)CC2)C1. The molecular weight excluding hydrogens is 457 g/mol. The minimum atomic E-state index is -4.49. The Labute approximate surface area is 202 Å². The van der Waals surface area contributed by atoms with Gasteiger partial charge in [-0.05, 0) is 56.9 Å². The number of pyridine rings is 1. The number of benzene rings is 1. The first-order valence-electron chi connectivity index (χ1n) is 11.9. The van der Waals surface area contributed by atoms with Crippen LogP contribution in [-0.4, -0.2) is 47.1 Å². The highest BCUT2D eigenvalue weighted by molar-refractivity contribution is 5.94. The first kappa shape index (κ1) is 25.0. The lowest BCUT2D eigenvalue weighted by Gasteiger charge is -2.47. The van der Waals surface area contributed by atoms with Crippen LogP contribution in [0.4, 0.5) is 13.2 Å². The Balaban J connectivity index is 1.17. The molecule has 0 radical (unpaired) electrons. The number of carbonyl (C=O) groups excluding carboxylic acids is 1. The Hall–Kier alpha value is -3.07. The predicted octanol–water partition coefficient (Wildman–Crippen LogP) is 3.88. The summed E-state index contributed by atoms with van der Waals surface area (Å²) in [5.41, 5.74) is 0.612. The summed E-state index contributed by atoms with van der Waals surface area (Å²) in [6.07, 6.45) is 1.46. The Kier molecular flexibility index (Phi) is 7.35. The summed E-state index contributed by atoms with van der Waals surface area (Å²) in [5.74, 6) is -0.571. The Morgan fingerprint density at radius 2 is 1.77 bits per heavy atom. The van der Waals surface area contributed by atoms with Gasteiger partial charge >= 0.3 is 6.18 Å². The largest absolute Gasteiger partial charge is 0.416 e. The second-order valence-electron chi connectivity index (χ2n) is 9.53. The summed E-state index contributed by atoms with van der Waals surface area (Å²) < 4.78 is 40.4. The van der Waals surface area contributed by atoms with Crippen LogP contribution in [0, 0.1) is 6.92 Å². The summed E-state index contributed by atoms with van der Waals surface area (Å²) in [4.78, 5) is 27.1. The molecular formula is C26H31F3N4O2. The van der Waals surface area contributed by atoms with E-state index in [9.17, 15) is 22.8 Å². The zero-order valence-corrected chi connectivity index (χ0v) is 19.8. The lowest BCUT2D eigenvalue weighted by molar-refractivity contribution is -0.137. The van der Waals surface area contributed by atoms with Crippen molar-refractivity contribution in [2.45, 2.75) is 56.9 Å². The molecule has 1 aliphatic heterocycles. The van der Waals surface area contributed by atoms with Crippen LogP contribution in [0.1, 0.15) is 53.2 Å². The fourth-order valence-corrected chi connectivity index (χ4v) is 4.98. The molecule has 1 aromatic carbocycles. The molecule has 35 heavy (non-hydrogen) atoms. The third-order valence-corrected chi connectivity index (χ3v) is 6.97. The van der Waals surface area contributed by atoms with Gasteiger partial charge in [-0.15, -0.1) is 0 Å². The highest BCUT2D eigenvalue weighted by Gasteiger charge is 2.35. The van der Waals surface area contributed by atoms with E-state index < -0.39 is 17.6 Å². The van der Waals surface area contributed by atoms with Crippen LogP contribution in [0.2, 0.25) is 0 Å². The number of halogens is 3. The average molecular weight is 489 g/mol. The summed E-state index contributed by atoms with van der Waals surface area (Å²) >= 11 is 0. The number of rotatable bonds is 7. The highest BCUT2D eigenvalue weighted by Crippen LogP contribution is 2.32. The van der Waals surface area contributed by atoms with Crippen molar-refractivity contribution in [3.8, 4) is 0 Å². The number of likely N-dealkylation sites (tertiary alicyclic amines) is 1. The van der Waals surface area contributed by atoms with E-state index in [1.807, 2.05) is 29.8 Å². The van der Waals surface area contributed by atoms with Gasteiger partial charge in [0.2, 0.25) is 0 Å². The van der Waals surface area contributed by atoms with E-state index >= 15 is 0 Å². The number of nitrogens with one attached hydrogen (secondary N) is 2. The monoisotopic (exact) mass is 488 g/mol. The molecule has 2 heterocycles. The molecule has 2 fully saturated rings. The summed E-state index contributed by atoms with van der Waals surface area (Å²) in [6.45, 7) is 7.68. The van der Waals surface area contributed by atoms with Gasteiger partial charge < -0.3 is 15.2 Å². The van der Waals surface area contributed by atoms with E-state index in [2.05, 4.69) is 22.1 Å². The zero-order chi connectivity index (χ0) is 25.2. The quantitative estimate of drug-likeness (QED) is 0.621. The molecule has 4 rings (SSSR count). The zero-order valence-electron chi connectivity index (χ0n) is 19.8. The van der Waals surface area contributed by atoms with Crippen LogP contribution in [0.25, 0.3) is 0 Å². The van der Waals surface area contributed by atoms with Crippen LogP contribution < -0.4 is 16.2 Å². The molecule has 1 saturated carbocycles. The van der Waals surface area contributed by atoms with E-state index in [4.69, 9.17) is 0 Å². The van der Waals surface area contributed by atoms with Gasteiger partial charge in [0.25, 0.3) is 11.5 Å². The van der Waals surface area contributed by atoms with E-state index in [1.54, 1.807) is 0 Å². The number of aryl methyl sites for hydroxylation is 1. The summed E-state index contributed by atoms with van der Waals surface area (Å²) in [5, 5.41) is 5.92. The van der Waals surface area contributed by atoms with Crippen LogP contribution >= 0.6 is 0 Å². The number of hydrogen-bond donors (Lipinski definition) is 2. The average Bonchev–Trinajstić information content (AvgIpc) is 2.81. The second-order valence-corrected chi connectivity index (χ2v) is 9.53. The smallest absolute Gasteiger partial charge is 0.382 e. The number of hydrogen-bond acceptors (Lipinski definition) is 4. The van der Waals surface area contributed by atoms with Crippen molar-refractivity contribution in [1.82, 2.24) is 20.1 Å². The van der Waals surface area contributed by atoms with Crippen LogP contribution in [0.15, 0.2) is 59.7 Å². The molecule has 188 valence electrons. The van der Waals surface area contributed by atoms with Crippen LogP contribution in [0.5, 0.6) is 0 Å². The van der Waals surface area contributed by atoms with Crippen molar-refractivity contribution >= 4 is 5.91 Å². The summed E-state index contributed by atoms with van der Waals surface area (Å²) in [7, 11) is 0. The van der Waals surface area contributed by atoms with Gasteiger partial charge in [-0.2, -0.15) is 13.2 Å². The number of alkyl halides is 3. The third kappa shape index (κ3) is 5.96. The lowest BCUT2D eigenvalue weighted by Crippen LogP contribution is -2.61. The van der Waals surface area contributed by atoms with Gasteiger partial charge in [0.15, 0.2) is 0 Å². The van der Waals surface area contributed by atoms with Gasteiger partial charge in [-0.1, -0.05) is 18.7 Å². The Morgan fingerprint density at radius 1 is 1.09 bits per heavy atom. The first-order valence-corrected chi connectivity index (χ1v) is 11.9. The molecule has 2 aromatic rings. The molecule has 0 atom stereocenters. The first-order chi connectivity index (χ1) is 16.6. The molecule has 1 saturated heterocycles.